The Hall–Kier alpha value is -2.53. The van der Waals surface area contributed by atoms with Gasteiger partial charge in [-0.15, -0.1) is 0 Å². The van der Waals surface area contributed by atoms with E-state index in [4.69, 9.17) is 37.9 Å². The smallest absolute Gasteiger partial charge is 0.233 e. The number of hydrogen-bond acceptors (Lipinski definition) is 10. The molecule has 168 valence electrons. The summed E-state index contributed by atoms with van der Waals surface area (Å²) in [6.07, 6.45) is 1.58. The molecule has 4 unspecified atom stereocenters. The van der Waals surface area contributed by atoms with Gasteiger partial charge in [0.1, 0.15) is 0 Å². The van der Waals surface area contributed by atoms with Gasteiger partial charge < -0.3 is 38.1 Å². The lowest BCUT2D eigenvalue weighted by atomic mass is 10.0. The number of anilines is 4. The van der Waals surface area contributed by atoms with Crippen LogP contribution in [0.15, 0.2) is 18.2 Å². The molecule has 1 aromatic carbocycles. The number of rotatable bonds is 4. The first-order valence-electron chi connectivity index (χ1n) is 10.9. The molecule has 0 bridgehead atoms. The fraction of sp³-hybridized carbons (Fsp3) is 0.571. The zero-order valence-corrected chi connectivity index (χ0v) is 18.3. The van der Waals surface area contributed by atoms with Crippen LogP contribution < -0.4 is 38.1 Å². The third-order valence-corrected chi connectivity index (χ3v) is 5.69. The van der Waals surface area contributed by atoms with Crippen LogP contribution in [0, 0.1) is 13.8 Å². The van der Waals surface area contributed by atoms with Crippen LogP contribution in [0.4, 0.5) is 23.5 Å². The molecule has 2 fully saturated rings. The molecule has 10 nitrogen and oxygen atoms in total. The number of nitrogens with zero attached hydrogens (tertiary/aromatic N) is 5. The largest absolute Gasteiger partial charge is 0.338 e. The van der Waals surface area contributed by atoms with E-state index in [-0.39, 0.29) is 24.2 Å². The molecule has 4 atom stereocenters. The first-order valence-corrected chi connectivity index (χ1v) is 10.9. The molecule has 10 heteroatoms. The Balaban J connectivity index is 1.69. The van der Waals surface area contributed by atoms with E-state index in [2.05, 4.69) is 37.4 Å². The molecule has 0 radical (unpaired) electrons. The van der Waals surface area contributed by atoms with E-state index >= 15 is 0 Å². The van der Waals surface area contributed by atoms with Crippen molar-refractivity contribution in [2.45, 2.75) is 50.9 Å². The summed E-state index contributed by atoms with van der Waals surface area (Å²) in [7, 11) is 0. The molecule has 2 aliphatic heterocycles. The van der Waals surface area contributed by atoms with E-state index in [1.54, 1.807) is 0 Å². The molecule has 1 aromatic heterocycles. The van der Waals surface area contributed by atoms with Crippen molar-refractivity contribution in [1.82, 2.24) is 15.0 Å². The molecule has 2 aromatic rings. The molecule has 31 heavy (non-hydrogen) atoms. The van der Waals surface area contributed by atoms with Gasteiger partial charge in [-0.2, -0.15) is 15.0 Å². The van der Waals surface area contributed by atoms with Gasteiger partial charge in [-0.1, -0.05) is 6.07 Å². The van der Waals surface area contributed by atoms with Crippen molar-refractivity contribution < 1.29 is 0 Å². The molecule has 2 saturated heterocycles. The Morgan fingerprint density at radius 1 is 0.710 bits per heavy atom. The Morgan fingerprint density at radius 3 is 1.55 bits per heavy atom. The number of hydrogen-bond donors (Lipinski definition) is 5. The first kappa shape index (κ1) is 21.7. The van der Waals surface area contributed by atoms with E-state index in [1.807, 2.05) is 9.80 Å². The van der Waals surface area contributed by atoms with Crippen LogP contribution >= 0.6 is 0 Å². The summed E-state index contributed by atoms with van der Waals surface area (Å²) in [5.74, 6) is 1.61. The lowest BCUT2D eigenvalue weighted by Crippen LogP contribution is -2.54. The van der Waals surface area contributed by atoms with Crippen LogP contribution in [-0.4, -0.2) is 65.3 Å². The zero-order chi connectivity index (χ0) is 22.1. The molecular weight excluding hydrogens is 392 g/mol. The van der Waals surface area contributed by atoms with Gasteiger partial charge in [0.05, 0.1) is 0 Å². The predicted octanol–water partition coefficient (Wildman–Crippen LogP) is -0.0386. The van der Waals surface area contributed by atoms with Crippen LogP contribution in [-0.2, 0) is 0 Å². The molecule has 0 amide bonds. The number of aromatic nitrogens is 3. The highest BCUT2D eigenvalue weighted by Gasteiger charge is 2.28. The predicted molar refractivity (Wildman–Crippen MR) is 125 cm³/mol. The Labute approximate surface area is 183 Å². The fourth-order valence-electron chi connectivity index (χ4n) is 4.55. The minimum absolute atomic E-state index is 0.0170. The van der Waals surface area contributed by atoms with Gasteiger partial charge in [0, 0.05) is 56.0 Å². The van der Waals surface area contributed by atoms with Crippen molar-refractivity contribution >= 4 is 23.5 Å². The topological polar surface area (TPSA) is 161 Å². The number of piperidine rings is 2. The highest BCUT2D eigenvalue weighted by molar-refractivity contribution is 5.58. The monoisotopic (exact) mass is 426 g/mol. The van der Waals surface area contributed by atoms with Crippen LogP contribution in [0.5, 0.6) is 0 Å². The summed E-state index contributed by atoms with van der Waals surface area (Å²) < 4.78 is 0. The van der Waals surface area contributed by atoms with Crippen molar-refractivity contribution in [3.05, 3.63) is 29.3 Å². The summed E-state index contributed by atoms with van der Waals surface area (Å²) in [4.78, 5) is 18.3. The maximum absolute atomic E-state index is 6.21. The number of aryl methyl sites for hydroxylation is 2. The third kappa shape index (κ3) is 5.40. The third-order valence-electron chi connectivity index (χ3n) is 5.69. The van der Waals surface area contributed by atoms with Crippen LogP contribution in [0.2, 0.25) is 0 Å². The summed E-state index contributed by atoms with van der Waals surface area (Å²) in [5.41, 5.74) is 28.1. The van der Waals surface area contributed by atoms with E-state index in [1.165, 1.54) is 0 Å². The standard InChI is InChI=1S/C21H34N10/c1-12-3-13(2)5-18(4-12)26-19-27-20(30-8-14(22)6-15(23)9-30)29-21(28-19)31-10-16(24)7-17(25)11-31/h3-5,14-17H,6-11,22-25H2,1-2H3,(H,26,27,28,29). The average Bonchev–Trinajstić information content (AvgIpc) is 2.65. The minimum atomic E-state index is -0.0170. The first-order chi connectivity index (χ1) is 14.7. The highest BCUT2D eigenvalue weighted by Crippen LogP contribution is 2.24. The van der Waals surface area contributed by atoms with Crippen molar-refractivity contribution in [2.75, 3.05) is 41.3 Å². The molecule has 0 aliphatic carbocycles. The Kier molecular flexibility index (Phi) is 6.24. The summed E-state index contributed by atoms with van der Waals surface area (Å²) in [6.45, 7) is 6.74. The molecule has 4 rings (SSSR count). The molecule has 2 aliphatic rings. The molecule has 0 saturated carbocycles. The van der Waals surface area contributed by atoms with Gasteiger partial charge in [0.25, 0.3) is 0 Å². The van der Waals surface area contributed by atoms with Gasteiger partial charge in [-0.25, -0.2) is 0 Å². The maximum atomic E-state index is 6.21. The average molecular weight is 427 g/mol. The molecule has 9 N–H and O–H groups in total. The second-order valence-electron chi connectivity index (χ2n) is 9.08. The maximum Gasteiger partial charge on any atom is 0.233 e. The summed E-state index contributed by atoms with van der Waals surface area (Å²) >= 11 is 0. The van der Waals surface area contributed by atoms with Gasteiger partial charge >= 0.3 is 0 Å². The molecule has 3 heterocycles. The van der Waals surface area contributed by atoms with E-state index in [0.29, 0.717) is 44.0 Å². The van der Waals surface area contributed by atoms with Crippen molar-refractivity contribution in [3.63, 3.8) is 0 Å². The van der Waals surface area contributed by atoms with Crippen molar-refractivity contribution in [2.24, 2.45) is 22.9 Å². The van der Waals surface area contributed by atoms with Crippen LogP contribution in [0.3, 0.4) is 0 Å². The number of nitrogens with one attached hydrogen (secondary N) is 1. The Morgan fingerprint density at radius 2 is 1.13 bits per heavy atom. The van der Waals surface area contributed by atoms with E-state index < -0.39 is 0 Å². The highest BCUT2D eigenvalue weighted by atomic mass is 15.4. The molecular formula is C21H34N10. The van der Waals surface area contributed by atoms with Crippen LogP contribution in [0.25, 0.3) is 0 Å². The number of nitrogens with two attached hydrogens (primary N) is 4. The van der Waals surface area contributed by atoms with E-state index in [9.17, 15) is 0 Å². The van der Waals surface area contributed by atoms with Crippen molar-refractivity contribution in [3.8, 4) is 0 Å². The van der Waals surface area contributed by atoms with Gasteiger partial charge in [0.2, 0.25) is 17.8 Å². The number of benzene rings is 1. The molecule has 0 spiro atoms. The summed E-state index contributed by atoms with van der Waals surface area (Å²) in [5, 5.41) is 3.35. The second-order valence-corrected chi connectivity index (χ2v) is 9.08. The van der Waals surface area contributed by atoms with E-state index in [0.717, 1.165) is 29.7 Å². The fourth-order valence-corrected chi connectivity index (χ4v) is 4.55. The minimum Gasteiger partial charge on any atom is -0.338 e. The van der Waals surface area contributed by atoms with Gasteiger partial charge in [-0.3, -0.25) is 0 Å². The lowest BCUT2D eigenvalue weighted by molar-refractivity contribution is 0.441. The summed E-state index contributed by atoms with van der Waals surface area (Å²) in [6, 6.07) is 6.19. The zero-order valence-electron chi connectivity index (χ0n) is 18.3. The normalized spacial score (nSPS) is 26.8. The van der Waals surface area contributed by atoms with Crippen molar-refractivity contribution in [1.29, 1.82) is 0 Å². The van der Waals surface area contributed by atoms with Gasteiger partial charge in [0.15, 0.2) is 0 Å². The second kappa shape index (κ2) is 8.91. The Bertz CT molecular complexity index is 835. The van der Waals surface area contributed by atoms with Gasteiger partial charge in [-0.05, 0) is 49.9 Å². The lowest BCUT2D eigenvalue weighted by Gasteiger charge is -2.37. The quantitative estimate of drug-likeness (QED) is 0.448. The SMILES string of the molecule is Cc1cc(C)cc(Nc2nc(N3CC(N)CC(N)C3)nc(N3CC(N)CC(N)C3)n2)c1. The van der Waals surface area contributed by atoms with Crippen LogP contribution in [0.1, 0.15) is 24.0 Å².